The molecule has 0 spiro atoms. The molecule has 0 atom stereocenters. The quantitative estimate of drug-likeness (QED) is 0.780. The molecular formula is C14H11F2NO. The Kier molecular flexibility index (Phi) is 3.46. The predicted molar refractivity (Wildman–Crippen MR) is 63.4 cm³/mol. The van der Waals surface area contributed by atoms with Gasteiger partial charge >= 0.3 is 0 Å². The summed E-state index contributed by atoms with van der Waals surface area (Å²) in [6.45, 7) is 1.82. The van der Waals surface area contributed by atoms with E-state index in [1.807, 2.05) is 6.92 Å². The van der Waals surface area contributed by atoms with E-state index in [1.54, 1.807) is 12.3 Å². The van der Waals surface area contributed by atoms with Gasteiger partial charge in [0.2, 0.25) is 0 Å². The molecule has 0 aliphatic heterocycles. The number of carbonyl (C=O) groups is 1. The highest BCUT2D eigenvalue weighted by Crippen LogP contribution is 2.13. The van der Waals surface area contributed by atoms with Gasteiger partial charge in [-0.25, -0.2) is 8.78 Å². The van der Waals surface area contributed by atoms with E-state index in [2.05, 4.69) is 4.98 Å². The van der Waals surface area contributed by atoms with E-state index in [9.17, 15) is 13.6 Å². The normalized spacial score (nSPS) is 10.4. The van der Waals surface area contributed by atoms with Crippen LogP contribution in [-0.2, 0) is 6.42 Å². The number of rotatable bonds is 3. The van der Waals surface area contributed by atoms with Crippen molar-refractivity contribution in [1.82, 2.24) is 4.98 Å². The van der Waals surface area contributed by atoms with Crippen LogP contribution < -0.4 is 0 Å². The first-order chi connectivity index (χ1) is 8.56. The summed E-state index contributed by atoms with van der Waals surface area (Å²) in [7, 11) is 0. The molecule has 92 valence electrons. The number of hydrogen-bond donors (Lipinski definition) is 0. The molecule has 0 saturated heterocycles. The molecule has 18 heavy (non-hydrogen) atoms. The van der Waals surface area contributed by atoms with Gasteiger partial charge in [-0.3, -0.25) is 9.78 Å². The molecule has 0 bridgehead atoms. The van der Waals surface area contributed by atoms with Gasteiger partial charge < -0.3 is 0 Å². The Bertz CT molecular complexity index is 596. The Hall–Kier alpha value is -2.10. The first-order valence-corrected chi connectivity index (χ1v) is 5.45. The van der Waals surface area contributed by atoms with Crippen LogP contribution in [0.2, 0.25) is 0 Å². The standard InChI is InChI=1S/C14H11F2NO/c1-9-4-11(8-17-7-9)14(18)5-10-2-3-12(15)6-13(10)16/h2-4,6-8H,5H2,1H3. The Morgan fingerprint density at radius 3 is 2.67 bits per heavy atom. The third-order valence-corrected chi connectivity index (χ3v) is 2.56. The highest BCUT2D eigenvalue weighted by Gasteiger charge is 2.11. The average Bonchev–Trinajstić information content (AvgIpc) is 2.32. The fourth-order valence-electron chi connectivity index (χ4n) is 1.65. The molecule has 0 fully saturated rings. The number of Topliss-reactive ketones (excluding diaryl/α,β-unsaturated/α-hetero) is 1. The first kappa shape index (κ1) is 12.4. The van der Waals surface area contributed by atoms with Crippen LogP contribution in [0.5, 0.6) is 0 Å². The van der Waals surface area contributed by atoms with Crippen molar-refractivity contribution in [2.24, 2.45) is 0 Å². The summed E-state index contributed by atoms with van der Waals surface area (Å²) in [5, 5.41) is 0. The van der Waals surface area contributed by atoms with Gasteiger partial charge in [-0.2, -0.15) is 0 Å². The molecule has 0 aliphatic carbocycles. The lowest BCUT2D eigenvalue weighted by atomic mass is 10.0. The highest BCUT2D eigenvalue weighted by molar-refractivity contribution is 5.97. The lowest BCUT2D eigenvalue weighted by Gasteiger charge is -2.03. The third-order valence-electron chi connectivity index (χ3n) is 2.56. The number of ketones is 1. The second-order valence-electron chi connectivity index (χ2n) is 4.09. The van der Waals surface area contributed by atoms with Gasteiger partial charge in [0.05, 0.1) is 0 Å². The smallest absolute Gasteiger partial charge is 0.168 e. The molecule has 2 rings (SSSR count). The zero-order chi connectivity index (χ0) is 13.1. The van der Waals surface area contributed by atoms with E-state index in [-0.39, 0.29) is 17.8 Å². The Morgan fingerprint density at radius 2 is 2.00 bits per heavy atom. The van der Waals surface area contributed by atoms with E-state index < -0.39 is 11.6 Å². The van der Waals surface area contributed by atoms with Gasteiger partial charge in [0, 0.05) is 30.4 Å². The highest BCUT2D eigenvalue weighted by atomic mass is 19.1. The predicted octanol–water partition coefficient (Wildman–Crippen LogP) is 3.09. The number of halogens is 2. The van der Waals surface area contributed by atoms with Crippen LogP contribution >= 0.6 is 0 Å². The number of pyridine rings is 1. The van der Waals surface area contributed by atoms with Crippen molar-refractivity contribution >= 4 is 5.78 Å². The van der Waals surface area contributed by atoms with Crippen molar-refractivity contribution < 1.29 is 13.6 Å². The van der Waals surface area contributed by atoms with Gasteiger partial charge in [-0.15, -0.1) is 0 Å². The summed E-state index contributed by atoms with van der Waals surface area (Å²) >= 11 is 0. The summed E-state index contributed by atoms with van der Waals surface area (Å²) in [5.74, 6) is -1.60. The number of aryl methyl sites for hydroxylation is 1. The average molecular weight is 247 g/mol. The van der Waals surface area contributed by atoms with E-state index in [4.69, 9.17) is 0 Å². The zero-order valence-electron chi connectivity index (χ0n) is 9.78. The van der Waals surface area contributed by atoms with Gasteiger partial charge in [0.1, 0.15) is 11.6 Å². The summed E-state index contributed by atoms with van der Waals surface area (Å²) < 4.78 is 26.1. The number of carbonyl (C=O) groups excluding carboxylic acids is 1. The summed E-state index contributed by atoms with van der Waals surface area (Å²) in [4.78, 5) is 15.8. The molecule has 4 heteroatoms. The Balaban J connectivity index is 2.21. The first-order valence-electron chi connectivity index (χ1n) is 5.45. The fourth-order valence-corrected chi connectivity index (χ4v) is 1.65. The fraction of sp³-hybridized carbons (Fsp3) is 0.143. The Morgan fingerprint density at radius 1 is 1.22 bits per heavy atom. The monoisotopic (exact) mass is 247 g/mol. The van der Waals surface area contributed by atoms with E-state index in [1.165, 1.54) is 12.3 Å². The van der Waals surface area contributed by atoms with Crippen molar-refractivity contribution in [2.45, 2.75) is 13.3 Å². The molecule has 1 aromatic heterocycles. The lowest BCUT2D eigenvalue weighted by molar-refractivity contribution is 0.0991. The van der Waals surface area contributed by atoms with Crippen molar-refractivity contribution in [1.29, 1.82) is 0 Å². The molecule has 0 unspecified atom stereocenters. The topological polar surface area (TPSA) is 30.0 Å². The maximum atomic E-state index is 13.4. The summed E-state index contributed by atoms with van der Waals surface area (Å²) in [6, 6.07) is 4.89. The number of nitrogens with zero attached hydrogens (tertiary/aromatic N) is 1. The van der Waals surface area contributed by atoms with E-state index in [0.717, 1.165) is 17.7 Å². The minimum Gasteiger partial charge on any atom is -0.294 e. The molecular weight excluding hydrogens is 236 g/mol. The maximum Gasteiger partial charge on any atom is 0.168 e. The SMILES string of the molecule is Cc1cncc(C(=O)Cc2ccc(F)cc2F)c1. The maximum absolute atomic E-state index is 13.4. The van der Waals surface area contributed by atoms with E-state index >= 15 is 0 Å². The molecule has 1 heterocycles. The van der Waals surface area contributed by atoms with E-state index in [0.29, 0.717) is 5.56 Å². The molecule has 2 nitrogen and oxygen atoms in total. The summed E-state index contributed by atoms with van der Waals surface area (Å²) in [6.07, 6.45) is 2.98. The van der Waals surface area contributed by atoms with Crippen molar-refractivity contribution in [3.05, 3.63) is 65.0 Å². The second kappa shape index (κ2) is 5.04. The number of hydrogen-bond acceptors (Lipinski definition) is 2. The minimum atomic E-state index is -0.705. The zero-order valence-corrected chi connectivity index (χ0v) is 9.78. The van der Waals surface area contributed by atoms with Crippen LogP contribution in [0.15, 0.2) is 36.7 Å². The number of aromatic nitrogens is 1. The van der Waals surface area contributed by atoms with Crippen molar-refractivity contribution in [3.8, 4) is 0 Å². The van der Waals surface area contributed by atoms with Crippen LogP contribution in [0, 0.1) is 18.6 Å². The van der Waals surface area contributed by atoms with Crippen LogP contribution in [0.3, 0.4) is 0 Å². The number of benzene rings is 1. The van der Waals surface area contributed by atoms with Crippen molar-refractivity contribution in [3.63, 3.8) is 0 Å². The molecule has 0 N–H and O–H groups in total. The summed E-state index contributed by atoms with van der Waals surface area (Å²) in [5.41, 5.74) is 1.47. The lowest BCUT2D eigenvalue weighted by Crippen LogP contribution is -2.06. The van der Waals surface area contributed by atoms with Crippen LogP contribution in [0.25, 0.3) is 0 Å². The molecule has 1 aromatic carbocycles. The molecule has 0 saturated carbocycles. The second-order valence-corrected chi connectivity index (χ2v) is 4.09. The van der Waals surface area contributed by atoms with Gasteiger partial charge in [0.15, 0.2) is 5.78 Å². The van der Waals surface area contributed by atoms with Gasteiger partial charge in [-0.05, 0) is 30.2 Å². The molecule has 0 radical (unpaired) electrons. The van der Waals surface area contributed by atoms with Crippen LogP contribution in [-0.4, -0.2) is 10.8 Å². The van der Waals surface area contributed by atoms with Gasteiger partial charge in [0.25, 0.3) is 0 Å². The molecule has 0 amide bonds. The van der Waals surface area contributed by atoms with Crippen LogP contribution in [0.4, 0.5) is 8.78 Å². The van der Waals surface area contributed by atoms with Gasteiger partial charge in [-0.1, -0.05) is 6.07 Å². The third kappa shape index (κ3) is 2.77. The minimum absolute atomic E-state index is 0.1000. The Labute approximate surface area is 103 Å². The van der Waals surface area contributed by atoms with Crippen LogP contribution in [0.1, 0.15) is 21.5 Å². The van der Waals surface area contributed by atoms with Crippen molar-refractivity contribution in [2.75, 3.05) is 0 Å². The molecule has 0 aliphatic rings. The molecule has 2 aromatic rings. The largest absolute Gasteiger partial charge is 0.294 e.